The number of carbonyl (C=O) groups excluding carboxylic acids is 1. The van der Waals surface area contributed by atoms with E-state index in [1.165, 1.54) is 0 Å². The third-order valence-corrected chi connectivity index (χ3v) is 3.11. The zero-order valence-corrected chi connectivity index (χ0v) is 13.5. The highest BCUT2D eigenvalue weighted by Crippen LogP contribution is 2.35. The van der Waals surface area contributed by atoms with Crippen LogP contribution in [0.4, 0.5) is 11.5 Å². The van der Waals surface area contributed by atoms with E-state index >= 15 is 0 Å². The van der Waals surface area contributed by atoms with Gasteiger partial charge in [-0.3, -0.25) is 19.7 Å². The van der Waals surface area contributed by atoms with Gasteiger partial charge in [0, 0.05) is 11.6 Å². The molecule has 0 bridgehead atoms. The molecule has 0 saturated carbocycles. The fourth-order valence-corrected chi connectivity index (χ4v) is 1.82. The predicted octanol–water partition coefficient (Wildman–Crippen LogP) is 3.97. The van der Waals surface area contributed by atoms with Gasteiger partial charge in [0.1, 0.15) is 0 Å². The first kappa shape index (κ1) is 17.0. The molecule has 0 aromatic carbocycles. The maximum atomic E-state index is 12.1. The molecule has 8 nitrogen and oxygen atoms in total. The summed E-state index contributed by atoms with van der Waals surface area (Å²) in [6.07, 6.45) is 0.348. The SMILES string of the molecule is [C-]#[N+]c1c(N=NC([N+]#[C-])C(=O)C(C)(C)C)n[nH]c1-c1ccccn1. The van der Waals surface area contributed by atoms with Crippen LogP contribution in [0.5, 0.6) is 0 Å². The van der Waals surface area contributed by atoms with E-state index in [1.54, 1.807) is 45.2 Å². The van der Waals surface area contributed by atoms with Crippen LogP contribution in [-0.4, -0.2) is 27.1 Å². The molecule has 0 fully saturated rings. The molecular formula is C16H15N7O. The molecule has 8 heteroatoms. The molecule has 0 radical (unpaired) electrons. The van der Waals surface area contributed by atoms with Crippen LogP contribution in [0, 0.1) is 18.6 Å². The number of hydrogen-bond donors (Lipinski definition) is 1. The molecule has 120 valence electrons. The highest BCUT2D eigenvalue weighted by molar-refractivity contribution is 5.89. The van der Waals surface area contributed by atoms with E-state index < -0.39 is 11.6 Å². The van der Waals surface area contributed by atoms with Gasteiger partial charge in [0.2, 0.25) is 11.6 Å². The third kappa shape index (κ3) is 3.50. The average Bonchev–Trinajstić information content (AvgIpc) is 2.98. The van der Waals surface area contributed by atoms with Gasteiger partial charge < -0.3 is 0 Å². The van der Waals surface area contributed by atoms with E-state index in [0.29, 0.717) is 11.4 Å². The number of nitrogens with zero attached hydrogens (tertiary/aromatic N) is 6. The Morgan fingerprint density at radius 2 is 2.08 bits per heavy atom. The molecule has 0 saturated heterocycles. The fraction of sp³-hybridized carbons (Fsp3) is 0.312. The molecule has 1 N–H and O–H groups in total. The Hall–Kier alpha value is -3.39. The normalized spacial score (nSPS) is 12.5. The molecule has 0 spiro atoms. The van der Waals surface area contributed by atoms with Crippen LogP contribution in [0.15, 0.2) is 34.6 Å². The Morgan fingerprint density at radius 1 is 1.33 bits per heavy atom. The fourth-order valence-electron chi connectivity index (χ4n) is 1.82. The summed E-state index contributed by atoms with van der Waals surface area (Å²) in [7, 11) is 0. The zero-order valence-electron chi connectivity index (χ0n) is 13.5. The van der Waals surface area contributed by atoms with E-state index in [9.17, 15) is 4.79 Å². The molecule has 2 rings (SSSR count). The molecule has 2 heterocycles. The minimum absolute atomic E-state index is 0.0287. The van der Waals surface area contributed by atoms with Gasteiger partial charge >= 0.3 is 6.17 Å². The molecule has 24 heavy (non-hydrogen) atoms. The average molecular weight is 321 g/mol. The number of hydrogen-bond acceptors (Lipinski definition) is 5. The first-order valence-corrected chi connectivity index (χ1v) is 7.07. The van der Waals surface area contributed by atoms with E-state index in [4.69, 9.17) is 13.1 Å². The molecule has 2 aromatic heterocycles. The van der Waals surface area contributed by atoms with Crippen LogP contribution < -0.4 is 0 Å². The molecule has 0 aliphatic heterocycles. The summed E-state index contributed by atoms with van der Waals surface area (Å²) in [4.78, 5) is 22.9. The lowest BCUT2D eigenvalue weighted by molar-refractivity contribution is -0.126. The predicted molar refractivity (Wildman–Crippen MR) is 87.4 cm³/mol. The van der Waals surface area contributed by atoms with Gasteiger partial charge in [-0.25, -0.2) is 11.4 Å². The summed E-state index contributed by atoms with van der Waals surface area (Å²) >= 11 is 0. The maximum absolute atomic E-state index is 12.1. The van der Waals surface area contributed by atoms with Crippen LogP contribution in [0.2, 0.25) is 0 Å². The van der Waals surface area contributed by atoms with Crippen LogP contribution in [0.1, 0.15) is 20.8 Å². The third-order valence-electron chi connectivity index (χ3n) is 3.11. The number of aromatic amines is 1. The molecule has 0 amide bonds. The monoisotopic (exact) mass is 321 g/mol. The summed E-state index contributed by atoms with van der Waals surface area (Å²) in [5, 5.41) is 14.2. The molecule has 2 aromatic rings. The van der Waals surface area contributed by atoms with Crippen molar-refractivity contribution < 1.29 is 4.79 Å². The highest BCUT2D eigenvalue weighted by atomic mass is 16.1. The van der Waals surface area contributed by atoms with Gasteiger partial charge in [0.15, 0.2) is 0 Å². The van der Waals surface area contributed by atoms with Gasteiger partial charge in [-0.1, -0.05) is 32.0 Å². The zero-order chi connectivity index (χ0) is 17.7. The number of aromatic nitrogens is 3. The maximum Gasteiger partial charge on any atom is 0.391 e. The Balaban J connectivity index is 2.35. The summed E-state index contributed by atoms with van der Waals surface area (Å²) in [5.41, 5.74) is 0.400. The van der Waals surface area contributed by atoms with Crippen molar-refractivity contribution in [3.8, 4) is 11.4 Å². The number of nitrogens with one attached hydrogen (secondary N) is 1. The van der Waals surface area contributed by atoms with Gasteiger partial charge in [-0.15, -0.1) is 5.11 Å². The number of H-pyrrole nitrogens is 1. The Bertz CT molecular complexity index is 847. The topological polar surface area (TPSA) is 92.1 Å². The Labute approximate surface area is 139 Å². The minimum Gasteiger partial charge on any atom is -0.288 e. The Morgan fingerprint density at radius 3 is 2.62 bits per heavy atom. The number of rotatable bonds is 4. The molecule has 0 aliphatic carbocycles. The lowest BCUT2D eigenvalue weighted by atomic mass is 9.89. The number of carbonyl (C=O) groups is 1. The second kappa shape index (κ2) is 6.80. The van der Waals surface area contributed by atoms with Crippen LogP contribution in [-0.2, 0) is 4.79 Å². The number of Topliss-reactive ketones (excluding diaryl/α,β-unsaturated/α-hetero) is 1. The van der Waals surface area contributed by atoms with Crippen molar-refractivity contribution >= 4 is 17.3 Å². The summed E-state index contributed by atoms with van der Waals surface area (Å²) in [5.74, 6) is -0.313. The number of ketones is 1. The van der Waals surface area contributed by atoms with Gasteiger partial charge in [-0.2, -0.15) is 5.10 Å². The van der Waals surface area contributed by atoms with E-state index in [1.807, 2.05) is 0 Å². The first-order chi connectivity index (χ1) is 11.4. The van der Waals surface area contributed by atoms with Crippen molar-refractivity contribution in [3.63, 3.8) is 0 Å². The van der Waals surface area contributed by atoms with Crippen molar-refractivity contribution in [2.75, 3.05) is 0 Å². The highest BCUT2D eigenvalue weighted by Gasteiger charge is 2.34. The van der Waals surface area contributed by atoms with E-state index in [2.05, 4.69) is 35.1 Å². The van der Waals surface area contributed by atoms with Gasteiger partial charge in [0.25, 0.3) is 5.69 Å². The van der Waals surface area contributed by atoms with E-state index in [0.717, 1.165) is 0 Å². The van der Waals surface area contributed by atoms with Crippen LogP contribution in [0.25, 0.3) is 21.1 Å². The smallest absolute Gasteiger partial charge is 0.288 e. The lowest BCUT2D eigenvalue weighted by Crippen LogP contribution is -2.28. The second-order valence-electron chi connectivity index (χ2n) is 5.93. The summed E-state index contributed by atoms with van der Waals surface area (Å²) in [6.45, 7) is 19.6. The number of azo groups is 1. The van der Waals surface area contributed by atoms with Crippen molar-refractivity contribution in [2.24, 2.45) is 15.6 Å². The molecule has 1 atom stereocenters. The lowest BCUT2D eigenvalue weighted by Gasteiger charge is -2.14. The standard InChI is InChI=1S/C16H15N7O/c1-16(2,3)13(24)15(18-5)23-22-14-12(17-4)11(20-21-14)10-8-6-7-9-19-10/h6-9,15H,1-3H3,(H,20,21). The minimum atomic E-state index is -1.25. The number of pyridine rings is 1. The van der Waals surface area contributed by atoms with Crippen molar-refractivity contribution in [1.29, 1.82) is 0 Å². The Kier molecular flexibility index (Phi) is 4.81. The first-order valence-electron chi connectivity index (χ1n) is 7.07. The van der Waals surface area contributed by atoms with E-state index in [-0.39, 0.29) is 17.3 Å². The van der Waals surface area contributed by atoms with Gasteiger partial charge in [0.05, 0.1) is 18.0 Å². The quantitative estimate of drug-likeness (QED) is 0.682. The molecule has 0 aliphatic rings. The summed E-state index contributed by atoms with van der Waals surface area (Å²) in [6, 6.07) is 5.28. The van der Waals surface area contributed by atoms with Crippen molar-refractivity contribution in [2.45, 2.75) is 26.9 Å². The van der Waals surface area contributed by atoms with Crippen LogP contribution in [0.3, 0.4) is 0 Å². The largest absolute Gasteiger partial charge is 0.391 e. The van der Waals surface area contributed by atoms with Crippen molar-refractivity contribution in [1.82, 2.24) is 15.2 Å². The molecular weight excluding hydrogens is 306 g/mol. The summed E-state index contributed by atoms with van der Waals surface area (Å²) < 4.78 is 0. The second-order valence-corrected chi connectivity index (χ2v) is 5.93. The van der Waals surface area contributed by atoms with Crippen LogP contribution >= 0.6 is 0 Å². The molecule has 1 unspecified atom stereocenters. The van der Waals surface area contributed by atoms with Gasteiger partial charge in [-0.05, 0) is 12.1 Å². The van der Waals surface area contributed by atoms with Crippen molar-refractivity contribution in [3.05, 3.63) is 47.2 Å².